The van der Waals surface area contributed by atoms with Crippen molar-refractivity contribution in [2.75, 3.05) is 6.54 Å². The quantitative estimate of drug-likeness (QED) is 0.816. The highest BCUT2D eigenvalue weighted by atomic mass is 35.5. The van der Waals surface area contributed by atoms with Crippen LogP contribution in [0.25, 0.3) is 10.9 Å². The Balaban J connectivity index is 2.23. The third kappa shape index (κ3) is 1.58. The number of nitrogens with one attached hydrogen (secondary N) is 1. The summed E-state index contributed by atoms with van der Waals surface area (Å²) in [5.41, 5.74) is 2.20. The molecular weight excluding hydrogens is 220 g/mol. The Labute approximate surface area is 99.6 Å². The SMILES string of the molecule is Clc1ccc2cccnc2c1C1CCCN1. The van der Waals surface area contributed by atoms with Gasteiger partial charge in [-0.15, -0.1) is 0 Å². The van der Waals surface area contributed by atoms with E-state index in [9.17, 15) is 0 Å². The van der Waals surface area contributed by atoms with Gasteiger partial charge in [-0.3, -0.25) is 4.98 Å². The van der Waals surface area contributed by atoms with E-state index in [-0.39, 0.29) is 0 Å². The van der Waals surface area contributed by atoms with Gasteiger partial charge in [0.15, 0.2) is 0 Å². The summed E-state index contributed by atoms with van der Waals surface area (Å²) in [7, 11) is 0. The summed E-state index contributed by atoms with van der Waals surface area (Å²) in [6.07, 6.45) is 4.19. The maximum atomic E-state index is 6.30. The predicted octanol–water partition coefficient (Wildman–Crippen LogP) is 3.31. The summed E-state index contributed by atoms with van der Waals surface area (Å²) in [5.74, 6) is 0. The van der Waals surface area contributed by atoms with E-state index in [4.69, 9.17) is 11.6 Å². The molecule has 1 aliphatic heterocycles. The lowest BCUT2D eigenvalue weighted by molar-refractivity contribution is 0.652. The van der Waals surface area contributed by atoms with Crippen molar-refractivity contribution in [2.24, 2.45) is 0 Å². The summed E-state index contributed by atoms with van der Waals surface area (Å²) in [4.78, 5) is 4.46. The molecule has 2 nitrogen and oxygen atoms in total. The van der Waals surface area contributed by atoms with Crippen molar-refractivity contribution in [1.82, 2.24) is 10.3 Å². The van der Waals surface area contributed by atoms with Gasteiger partial charge in [0.2, 0.25) is 0 Å². The number of pyridine rings is 1. The van der Waals surface area contributed by atoms with Crippen molar-refractivity contribution in [3.63, 3.8) is 0 Å². The molecule has 1 unspecified atom stereocenters. The Hall–Kier alpha value is -1.12. The van der Waals surface area contributed by atoms with Crippen LogP contribution in [0.3, 0.4) is 0 Å². The van der Waals surface area contributed by atoms with E-state index in [1.807, 2.05) is 24.4 Å². The van der Waals surface area contributed by atoms with Crippen molar-refractivity contribution >= 4 is 22.5 Å². The average Bonchev–Trinajstić information content (AvgIpc) is 2.82. The lowest BCUT2D eigenvalue weighted by atomic mass is 10.0. The molecule has 0 aliphatic carbocycles. The highest BCUT2D eigenvalue weighted by Gasteiger charge is 2.21. The molecule has 0 amide bonds. The zero-order valence-corrected chi connectivity index (χ0v) is 9.67. The number of hydrogen-bond acceptors (Lipinski definition) is 2. The minimum Gasteiger partial charge on any atom is -0.310 e. The van der Waals surface area contributed by atoms with Crippen molar-refractivity contribution in [1.29, 1.82) is 0 Å². The molecule has 2 aromatic rings. The lowest BCUT2D eigenvalue weighted by Gasteiger charge is -2.14. The second-order valence-electron chi connectivity index (χ2n) is 4.19. The van der Waals surface area contributed by atoms with Crippen molar-refractivity contribution in [3.8, 4) is 0 Å². The molecule has 16 heavy (non-hydrogen) atoms. The molecule has 1 fully saturated rings. The van der Waals surface area contributed by atoms with E-state index in [2.05, 4.69) is 16.4 Å². The first kappa shape index (κ1) is 10.1. The average molecular weight is 233 g/mol. The molecule has 0 saturated carbocycles. The van der Waals surface area contributed by atoms with Gasteiger partial charge >= 0.3 is 0 Å². The molecule has 3 heteroatoms. The van der Waals surface area contributed by atoms with E-state index in [0.717, 1.165) is 34.5 Å². The van der Waals surface area contributed by atoms with Crippen LogP contribution in [0.2, 0.25) is 5.02 Å². The van der Waals surface area contributed by atoms with Gasteiger partial charge in [-0.25, -0.2) is 0 Å². The van der Waals surface area contributed by atoms with Crippen LogP contribution >= 0.6 is 11.6 Å². The molecule has 1 atom stereocenters. The first-order valence-electron chi connectivity index (χ1n) is 5.63. The molecule has 2 heterocycles. The first-order valence-corrected chi connectivity index (χ1v) is 6.00. The lowest BCUT2D eigenvalue weighted by Crippen LogP contribution is -2.14. The van der Waals surface area contributed by atoms with Crippen LogP contribution in [-0.4, -0.2) is 11.5 Å². The summed E-state index contributed by atoms with van der Waals surface area (Å²) in [6.45, 7) is 1.07. The summed E-state index contributed by atoms with van der Waals surface area (Å²) < 4.78 is 0. The van der Waals surface area contributed by atoms with Crippen molar-refractivity contribution in [3.05, 3.63) is 41.0 Å². The number of rotatable bonds is 1. The molecule has 1 aliphatic rings. The standard InChI is InChI=1S/C13H13ClN2/c14-10-6-5-9-3-1-8-16-13(9)12(10)11-4-2-7-15-11/h1,3,5-6,8,11,15H,2,4,7H2. The van der Waals surface area contributed by atoms with Crippen LogP contribution in [0.1, 0.15) is 24.4 Å². The third-order valence-corrected chi connectivity index (χ3v) is 3.50. The number of fused-ring (bicyclic) bond motifs is 1. The molecule has 1 saturated heterocycles. The van der Waals surface area contributed by atoms with Crippen LogP contribution in [-0.2, 0) is 0 Å². The van der Waals surface area contributed by atoms with E-state index in [1.165, 1.54) is 6.42 Å². The Morgan fingerprint density at radius 2 is 2.25 bits per heavy atom. The van der Waals surface area contributed by atoms with Crippen LogP contribution in [0.4, 0.5) is 0 Å². The normalized spacial score (nSPS) is 20.4. The monoisotopic (exact) mass is 232 g/mol. The fourth-order valence-electron chi connectivity index (χ4n) is 2.41. The van der Waals surface area contributed by atoms with Gasteiger partial charge < -0.3 is 5.32 Å². The summed E-state index contributed by atoms with van der Waals surface area (Å²) in [5, 5.41) is 5.47. The largest absolute Gasteiger partial charge is 0.310 e. The fraction of sp³-hybridized carbons (Fsp3) is 0.308. The van der Waals surface area contributed by atoms with Crippen LogP contribution in [0.5, 0.6) is 0 Å². The number of nitrogens with zero attached hydrogens (tertiary/aromatic N) is 1. The summed E-state index contributed by atoms with van der Waals surface area (Å²) in [6, 6.07) is 8.41. The Bertz CT molecular complexity index is 518. The maximum Gasteiger partial charge on any atom is 0.0764 e. The number of aromatic nitrogens is 1. The molecule has 1 aromatic heterocycles. The second kappa shape index (κ2) is 4.04. The van der Waals surface area contributed by atoms with Crippen molar-refractivity contribution in [2.45, 2.75) is 18.9 Å². The summed E-state index contributed by atoms with van der Waals surface area (Å²) >= 11 is 6.30. The Morgan fingerprint density at radius 1 is 1.31 bits per heavy atom. The van der Waals surface area contributed by atoms with Gasteiger partial charge in [-0.2, -0.15) is 0 Å². The van der Waals surface area contributed by atoms with Crippen LogP contribution in [0, 0.1) is 0 Å². The van der Waals surface area contributed by atoms with Gasteiger partial charge in [0.1, 0.15) is 0 Å². The molecule has 0 bridgehead atoms. The topological polar surface area (TPSA) is 24.9 Å². The zero-order valence-electron chi connectivity index (χ0n) is 8.91. The highest BCUT2D eigenvalue weighted by Crippen LogP contribution is 2.33. The van der Waals surface area contributed by atoms with Gasteiger partial charge in [0.25, 0.3) is 0 Å². The molecular formula is C13H13ClN2. The number of hydrogen-bond donors (Lipinski definition) is 1. The fourth-order valence-corrected chi connectivity index (χ4v) is 2.69. The second-order valence-corrected chi connectivity index (χ2v) is 4.59. The molecule has 0 radical (unpaired) electrons. The Morgan fingerprint density at radius 3 is 3.06 bits per heavy atom. The van der Waals surface area contributed by atoms with Gasteiger partial charge in [0, 0.05) is 28.2 Å². The predicted molar refractivity (Wildman–Crippen MR) is 66.7 cm³/mol. The zero-order chi connectivity index (χ0) is 11.0. The molecule has 3 rings (SSSR count). The van der Waals surface area contributed by atoms with Crippen molar-refractivity contribution < 1.29 is 0 Å². The molecule has 1 aromatic carbocycles. The third-order valence-electron chi connectivity index (χ3n) is 3.17. The van der Waals surface area contributed by atoms with E-state index >= 15 is 0 Å². The maximum absolute atomic E-state index is 6.30. The van der Waals surface area contributed by atoms with E-state index < -0.39 is 0 Å². The molecule has 82 valence electrons. The minimum absolute atomic E-state index is 0.367. The highest BCUT2D eigenvalue weighted by molar-refractivity contribution is 6.32. The molecule has 0 spiro atoms. The minimum atomic E-state index is 0.367. The number of benzene rings is 1. The van der Waals surface area contributed by atoms with E-state index in [0.29, 0.717) is 6.04 Å². The smallest absolute Gasteiger partial charge is 0.0764 e. The van der Waals surface area contributed by atoms with Crippen LogP contribution < -0.4 is 5.32 Å². The molecule has 1 N–H and O–H groups in total. The first-order chi connectivity index (χ1) is 7.86. The van der Waals surface area contributed by atoms with Crippen LogP contribution in [0.15, 0.2) is 30.5 Å². The van der Waals surface area contributed by atoms with E-state index in [1.54, 1.807) is 0 Å². The Kier molecular flexibility index (Phi) is 2.54. The van der Waals surface area contributed by atoms with Gasteiger partial charge in [-0.1, -0.05) is 23.7 Å². The number of halogens is 1. The van der Waals surface area contributed by atoms with Gasteiger partial charge in [-0.05, 0) is 31.5 Å². The van der Waals surface area contributed by atoms with Gasteiger partial charge in [0.05, 0.1) is 5.52 Å².